The van der Waals surface area contributed by atoms with Crippen LogP contribution in [0, 0.1) is 11.8 Å². The van der Waals surface area contributed by atoms with Crippen molar-refractivity contribution in [3.63, 3.8) is 0 Å². The van der Waals surface area contributed by atoms with E-state index in [0.29, 0.717) is 36.6 Å². The molecular formula is C21H32N2O6. The predicted octanol–water partition coefficient (Wildman–Crippen LogP) is 0.963. The minimum atomic E-state index is -1.81. The Morgan fingerprint density at radius 2 is 1.93 bits per heavy atom. The molecule has 3 rings (SSSR count). The Kier molecular flexibility index (Phi) is 6.10. The number of esters is 1. The van der Waals surface area contributed by atoms with Crippen LogP contribution in [0.3, 0.4) is 0 Å². The number of carbonyl (C=O) groups excluding carboxylic acids is 1. The number of nitrogens with two attached hydrogens (primary N) is 1. The van der Waals surface area contributed by atoms with Crippen LogP contribution in [-0.2, 0) is 21.7 Å². The van der Waals surface area contributed by atoms with E-state index < -0.39 is 17.5 Å². The van der Waals surface area contributed by atoms with Gasteiger partial charge in [-0.2, -0.15) is 0 Å². The van der Waals surface area contributed by atoms with E-state index in [0.717, 1.165) is 12.0 Å². The first-order valence-electron chi connectivity index (χ1n) is 10.0. The van der Waals surface area contributed by atoms with Crippen molar-refractivity contribution < 1.29 is 29.2 Å². The number of carbonyl (C=O) groups is 1. The summed E-state index contributed by atoms with van der Waals surface area (Å²) in [7, 11) is 3.10. The second-order valence-corrected chi connectivity index (χ2v) is 8.40. The molecule has 3 atom stereocenters. The van der Waals surface area contributed by atoms with Gasteiger partial charge in [0.2, 0.25) is 5.79 Å². The third-order valence-corrected chi connectivity index (χ3v) is 6.01. The van der Waals surface area contributed by atoms with Crippen molar-refractivity contribution >= 4 is 5.97 Å². The van der Waals surface area contributed by atoms with Gasteiger partial charge in [0, 0.05) is 24.6 Å². The van der Waals surface area contributed by atoms with Gasteiger partial charge in [-0.1, -0.05) is 13.8 Å². The van der Waals surface area contributed by atoms with Crippen molar-refractivity contribution in [3.05, 3.63) is 23.3 Å². The van der Waals surface area contributed by atoms with Gasteiger partial charge >= 0.3 is 5.97 Å². The van der Waals surface area contributed by atoms with E-state index in [4.69, 9.17) is 19.9 Å². The number of methoxy groups -OCH3 is 2. The topological polar surface area (TPSA) is 114 Å². The van der Waals surface area contributed by atoms with Gasteiger partial charge in [-0.15, -0.1) is 0 Å². The molecule has 0 spiro atoms. The van der Waals surface area contributed by atoms with Gasteiger partial charge in [-0.3, -0.25) is 9.69 Å². The predicted molar refractivity (Wildman–Crippen MR) is 106 cm³/mol. The maximum absolute atomic E-state index is 12.0. The largest absolute Gasteiger partial charge is 0.493 e. The normalized spacial score (nSPS) is 29.2. The van der Waals surface area contributed by atoms with E-state index in [1.165, 1.54) is 7.11 Å². The molecule has 4 N–H and O–H groups in total. The molecule has 0 aliphatic carbocycles. The molecule has 0 aromatic heterocycles. The average Bonchev–Trinajstić information content (AvgIpc) is 2.67. The summed E-state index contributed by atoms with van der Waals surface area (Å²) in [5.74, 6) is -1.47. The zero-order chi connectivity index (χ0) is 21.4. The lowest BCUT2D eigenvalue weighted by Crippen LogP contribution is -2.65. The second-order valence-electron chi connectivity index (χ2n) is 8.40. The zero-order valence-corrected chi connectivity index (χ0v) is 17.6. The summed E-state index contributed by atoms with van der Waals surface area (Å²) in [5, 5.41) is 23.1. The van der Waals surface area contributed by atoms with Crippen LogP contribution in [0.15, 0.2) is 12.1 Å². The number of nitrogens with zero attached hydrogens (tertiary/aromatic N) is 1. The molecule has 1 aromatic rings. The van der Waals surface area contributed by atoms with Crippen molar-refractivity contribution in [2.45, 2.75) is 44.6 Å². The lowest BCUT2D eigenvalue weighted by atomic mass is 9.74. The molecule has 8 heteroatoms. The molecule has 1 aromatic carbocycles. The summed E-state index contributed by atoms with van der Waals surface area (Å²) in [6.07, 6.45) is 1.22. The molecule has 29 heavy (non-hydrogen) atoms. The Balaban J connectivity index is 2.05. The third kappa shape index (κ3) is 3.94. The SMILES string of the molecule is COc1cc2c(cc1OC)C1(O)CC(O)(OC(=O)CN)C(CC(C)C)CN1CC2. The number of piperidine rings is 1. The number of hydrogen-bond donors (Lipinski definition) is 3. The summed E-state index contributed by atoms with van der Waals surface area (Å²) in [4.78, 5) is 13.9. The Labute approximate surface area is 171 Å². The molecule has 0 saturated carbocycles. The van der Waals surface area contributed by atoms with Crippen LogP contribution in [0.1, 0.15) is 37.8 Å². The number of hydrogen-bond acceptors (Lipinski definition) is 8. The molecule has 1 fully saturated rings. The fraction of sp³-hybridized carbons (Fsp3) is 0.667. The van der Waals surface area contributed by atoms with E-state index in [9.17, 15) is 15.0 Å². The lowest BCUT2D eigenvalue weighted by molar-refractivity contribution is -0.307. The molecule has 3 unspecified atom stereocenters. The van der Waals surface area contributed by atoms with Crippen molar-refractivity contribution in [2.75, 3.05) is 33.9 Å². The van der Waals surface area contributed by atoms with E-state index in [-0.39, 0.29) is 24.8 Å². The molecule has 2 heterocycles. The Morgan fingerprint density at radius 1 is 1.28 bits per heavy atom. The molecule has 8 nitrogen and oxygen atoms in total. The summed E-state index contributed by atoms with van der Waals surface area (Å²) in [6.45, 7) is 4.79. The minimum Gasteiger partial charge on any atom is -0.493 e. The highest BCUT2D eigenvalue weighted by Gasteiger charge is 2.57. The van der Waals surface area contributed by atoms with Gasteiger partial charge in [-0.25, -0.2) is 0 Å². The number of fused-ring (bicyclic) bond motifs is 3. The maximum Gasteiger partial charge on any atom is 0.322 e. The Hall–Kier alpha value is -1.87. The zero-order valence-electron chi connectivity index (χ0n) is 17.6. The Bertz CT molecular complexity index is 770. The van der Waals surface area contributed by atoms with Crippen molar-refractivity contribution in [3.8, 4) is 11.5 Å². The quantitative estimate of drug-likeness (QED) is 0.471. The van der Waals surface area contributed by atoms with Gasteiger partial charge in [0.15, 0.2) is 17.2 Å². The van der Waals surface area contributed by atoms with Crippen molar-refractivity contribution in [1.82, 2.24) is 4.90 Å². The highest BCUT2D eigenvalue weighted by Crippen LogP contribution is 2.49. The number of rotatable bonds is 6. The van der Waals surface area contributed by atoms with E-state index in [2.05, 4.69) is 13.8 Å². The van der Waals surface area contributed by atoms with Crippen LogP contribution in [0.25, 0.3) is 0 Å². The van der Waals surface area contributed by atoms with Gasteiger partial charge in [0.1, 0.15) is 0 Å². The van der Waals surface area contributed by atoms with E-state index >= 15 is 0 Å². The highest BCUT2D eigenvalue weighted by molar-refractivity contribution is 5.71. The molecule has 1 saturated heterocycles. The first kappa shape index (κ1) is 21.8. The van der Waals surface area contributed by atoms with E-state index in [1.54, 1.807) is 13.2 Å². The Morgan fingerprint density at radius 3 is 2.52 bits per heavy atom. The monoisotopic (exact) mass is 408 g/mol. The molecule has 0 amide bonds. The van der Waals surface area contributed by atoms with Gasteiger partial charge in [0.25, 0.3) is 0 Å². The summed E-state index contributed by atoms with van der Waals surface area (Å²) in [6, 6.07) is 3.60. The summed E-state index contributed by atoms with van der Waals surface area (Å²) < 4.78 is 16.2. The molecule has 0 radical (unpaired) electrons. The second kappa shape index (κ2) is 8.10. The van der Waals surface area contributed by atoms with Crippen molar-refractivity contribution in [1.29, 1.82) is 0 Å². The number of ether oxygens (including phenoxy) is 3. The first-order chi connectivity index (χ1) is 13.7. The van der Waals surface area contributed by atoms with Crippen LogP contribution >= 0.6 is 0 Å². The maximum atomic E-state index is 12.0. The van der Waals surface area contributed by atoms with Crippen LogP contribution in [0.2, 0.25) is 0 Å². The smallest absolute Gasteiger partial charge is 0.322 e. The van der Waals surface area contributed by atoms with Crippen LogP contribution < -0.4 is 15.2 Å². The first-order valence-corrected chi connectivity index (χ1v) is 10.0. The summed E-state index contributed by atoms with van der Waals surface area (Å²) >= 11 is 0. The van der Waals surface area contributed by atoms with Crippen molar-refractivity contribution in [2.24, 2.45) is 17.6 Å². The van der Waals surface area contributed by atoms with Crippen LogP contribution in [-0.4, -0.2) is 60.7 Å². The van der Waals surface area contributed by atoms with Gasteiger partial charge in [0.05, 0.1) is 27.2 Å². The van der Waals surface area contributed by atoms with Crippen LogP contribution in [0.5, 0.6) is 11.5 Å². The van der Waals surface area contributed by atoms with Crippen LogP contribution in [0.4, 0.5) is 0 Å². The average molecular weight is 408 g/mol. The summed E-state index contributed by atoms with van der Waals surface area (Å²) in [5.41, 5.74) is 5.47. The fourth-order valence-electron chi connectivity index (χ4n) is 4.65. The molecule has 2 aliphatic rings. The lowest BCUT2D eigenvalue weighted by Gasteiger charge is -2.55. The fourth-order valence-corrected chi connectivity index (χ4v) is 4.65. The molecule has 0 bridgehead atoms. The highest BCUT2D eigenvalue weighted by atomic mass is 16.7. The third-order valence-electron chi connectivity index (χ3n) is 6.01. The van der Waals surface area contributed by atoms with E-state index in [1.807, 2.05) is 11.0 Å². The molecule has 2 aliphatic heterocycles. The number of benzene rings is 1. The molecular weight excluding hydrogens is 376 g/mol. The minimum absolute atomic E-state index is 0.161. The van der Waals surface area contributed by atoms with Gasteiger partial charge < -0.3 is 30.2 Å². The molecule has 162 valence electrons. The standard InChI is InChI=1S/C21H32N2O6/c1-13(2)7-15-11-23-6-5-14-8-17(27-3)18(28-4)9-16(14)20(23,25)12-21(15,26)29-19(24)10-22/h8-9,13,15,25-26H,5-7,10-12,22H2,1-4H3. The van der Waals surface area contributed by atoms with Gasteiger partial charge in [-0.05, 0) is 36.5 Å². The number of aliphatic hydroxyl groups is 2.